The van der Waals surface area contributed by atoms with E-state index in [1.54, 1.807) is 18.2 Å². The van der Waals surface area contributed by atoms with E-state index in [2.05, 4.69) is 17.2 Å². The Morgan fingerprint density at radius 3 is 2.57 bits per heavy atom. The zero-order valence-corrected chi connectivity index (χ0v) is 11.8. The molecule has 2 aromatic rings. The molecule has 0 aliphatic rings. The summed E-state index contributed by atoms with van der Waals surface area (Å²) in [5.74, 6) is 4.11. The minimum atomic E-state index is -0.419. The number of carbonyl (C=O) groups is 1. The second-order valence-electron chi connectivity index (χ2n) is 4.72. The van der Waals surface area contributed by atoms with Crippen molar-refractivity contribution in [1.29, 1.82) is 0 Å². The van der Waals surface area contributed by atoms with Crippen LogP contribution < -0.4 is 5.32 Å². The number of hydrogen-bond acceptors (Lipinski definition) is 1. The fraction of sp³-hybridized carbons (Fsp3) is 0.167. The van der Waals surface area contributed by atoms with Gasteiger partial charge >= 0.3 is 0 Å². The molecule has 0 unspecified atom stereocenters. The average Bonchev–Trinajstić information content (AvgIpc) is 2.48. The Morgan fingerprint density at radius 1 is 1.14 bits per heavy atom. The van der Waals surface area contributed by atoms with E-state index in [1.165, 1.54) is 11.6 Å². The lowest BCUT2D eigenvalue weighted by molar-refractivity contribution is -0.115. The molecule has 0 saturated heterocycles. The van der Waals surface area contributed by atoms with E-state index in [1.807, 2.05) is 31.2 Å². The van der Waals surface area contributed by atoms with E-state index in [0.717, 1.165) is 12.0 Å². The Balaban J connectivity index is 1.83. The first-order chi connectivity index (χ1) is 10.1. The van der Waals surface area contributed by atoms with Crippen molar-refractivity contribution in [3.8, 4) is 11.8 Å². The lowest BCUT2D eigenvalue weighted by Crippen LogP contribution is -2.24. The van der Waals surface area contributed by atoms with Gasteiger partial charge in [0.1, 0.15) is 5.82 Å². The third kappa shape index (κ3) is 4.77. The molecule has 0 spiro atoms. The number of rotatable bonds is 3. The molecule has 0 bridgehead atoms. The van der Waals surface area contributed by atoms with Gasteiger partial charge in [-0.2, -0.15) is 0 Å². The van der Waals surface area contributed by atoms with Crippen LogP contribution in [0.1, 0.15) is 16.7 Å². The van der Waals surface area contributed by atoms with Crippen LogP contribution in [0.3, 0.4) is 0 Å². The topological polar surface area (TPSA) is 29.1 Å². The fourth-order valence-electron chi connectivity index (χ4n) is 1.81. The van der Waals surface area contributed by atoms with Crippen molar-refractivity contribution in [2.45, 2.75) is 13.3 Å². The van der Waals surface area contributed by atoms with Gasteiger partial charge in [-0.25, -0.2) is 4.39 Å². The molecular formula is C18H16FNO. The molecule has 106 valence electrons. The zero-order valence-electron chi connectivity index (χ0n) is 11.8. The van der Waals surface area contributed by atoms with Crippen LogP contribution in [0, 0.1) is 24.6 Å². The molecule has 1 N–H and O–H groups in total. The van der Waals surface area contributed by atoms with Gasteiger partial charge in [-0.1, -0.05) is 47.9 Å². The van der Waals surface area contributed by atoms with Crippen LogP contribution in [0.4, 0.5) is 4.39 Å². The summed E-state index contributed by atoms with van der Waals surface area (Å²) in [5, 5.41) is 2.70. The second kappa shape index (κ2) is 7.25. The number of hydrogen-bond donors (Lipinski definition) is 1. The third-order valence-corrected chi connectivity index (χ3v) is 3.00. The predicted octanol–water partition coefficient (Wildman–Crippen LogP) is 2.84. The summed E-state index contributed by atoms with van der Waals surface area (Å²) in [6.07, 6.45) is 0.743. The summed E-state index contributed by atoms with van der Waals surface area (Å²) < 4.78 is 13.3. The lowest BCUT2D eigenvalue weighted by atomic mass is 10.1. The molecule has 2 nitrogen and oxygen atoms in total. The summed E-state index contributed by atoms with van der Waals surface area (Å²) in [6.45, 7) is 2.54. The minimum absolute atomic E-state index is 0.228. The first-order valence-corrected chi connectivity index (χ1v) is 6.75. The van der Waals surface area contributed by atoms with Gasteiger partial charge in [-0.3, -0.25) is 4.79 Å². The zero-order chi connectivity index (χ0) is 15.1. The van der Waals surface area contributed by atoms with Crippen molar-refractivity contribution < 1.29 is 9.18 Å². The van der Waals surface area contributed by atoms with Crippen LogP contribution in [0.2, 0.25) is 0 Å². The van der Waals surface area contributed by atoms with Crippen molar-refractivity contribution in [2.75, 3.05) is 6.54 Å². The van der Waals surface area contributed by atoms with Gasteiger partial charge in [-0.15, -0.1) is 0 Å². The summed E-state index contributed by atoms with van der Waals surface area (Å²) in [6, 6.07) is 14.3. The van der Waals surface area contributed by atoms with Crippen molar-refractivity contribution in [2.24, 2.45) is 0 Å². The van der Waals surface area contributed by atoms with E-state index >= 15 is 0 Å². The molecule has 0 saturated carbocycles. The largest absolute Gasteiger partial charge is 0.345 e. The molecule has 0 atom stereocenters. The quantitative estimate of drug-likeness (QED) is 0.861. The van der Waals surface area contributed by atoms with Gasteiger partial charge in [0.05, 0.1) is 5.56 Å². The van der Waals surface area contributed by atoms with Gasteiger partial charge in [0.25, 0.3) is 5.91 Å². The number of benzene rings is 2. The monoisotopic (exact) mass is 281 g/mol. The highest BCUT2D eigenvalue weighted by Crippen LogP contribution is 2.04. The van der Waals surface area contributed by atoms with Gasteiger partial charge in [-0.05, 0) is 31.0 Å². The Labute approximate surface area is 124 Å². The highest BCUT2D eigenvalue weighted by molar-refractivity contribution is 5.94. The van der Waals surface area contributed by atoms with Crippen LogP contribution in [0.15, 0.2) is 48.5 Å². The second-order valence-corrected chi connectivity index (χ2v) is 4.72. The fourth-order valence-corrected chi connectivity index (χ4v) is 1.81. The maximum atomic E-state index is 13.3. The molecule has 0 aliphatic heterocycles. The molecular weight excluding hydrogens is 265 g/mol. The van der Waals surface area contributed by atoms with Crippen molar-refractivity contribution in [3.05, 3.63) is 71.0 Å². The number of aryl methyl sites for hydroxylation is 1. The number of halogens is 1. The standard InChI is InChI=1S/C18H16FNO/c1-14-6-8-15(9-7-14)12-13-20-18(21)11-10-16-4-2-3-5-17(16)19/h2-9H,12-13H2,1H3,(H,20,21). The first-order valence-electron chi connectivity index (χ1n) is 6.75. The van der Waals surface area contributed by atoms with Crippen LogP contribution in [0.25, 0.3) is 0 Å². The van der Waals surface area contributed by atoms with Gasteiger partial charge in [0, 0.05) is 12.5 Å². The number of nitrogens with one attached hydrogen (secondary N) is 1. The Kier molecular flexibility index (Phi) is 5.11. The molecule has 0 aliphatic carbocycles. The molecule has 3 heteroatoms. The Hall–Kier alpha value is -2.60. The van der Waals surface area contributed by atoms with E-state index in [0.29, 0.717) is 6.54 Å². The minimum Gasteiger partial charge on any atom is -0.345 e. The summed E-state index contributed by atoms with van der Waals surface area (Å²) in [5.41, 5.74) is 2.59. The molecule has 1 amide bonds. The molecule has 0 heterocycles. The first kappa shape index (κ1) is 14.8. The van der Waals surface area contributed by atoms with Crippen LogP contribution in [-0.2, 0) is 11.2 Å². The summed E-state index contributed by atoms with van der Waals surface area (Å²) in [7, 11) is 0. The number of carbonyl (C=O) groups excluding carboxylic acids is 1. The maximum absolute atomic E-state index is 13.3. The summed E-state index contributed by atoms with van der Waals surface area (Å²) >= 11 is 0. The van der Waals surface area contributed by atoms with Gasteiger partial charge < -0.3 is 5.32 Å². The molecule has 2 rings (SSSR count). The SMILES string of the molecule is Cc1ccc(CCNC(=O)C#Cc2ccccc2F)cc1. The van der Waals surface area contributed by atoms with E-state index in [-0.39, 0.29) is 5.56 Å². The lowest BCUT2D eigenvalue weighted by Gasteiger charge is -2.02. The number of amides is 1. The normalized spacial score (nSPS) is 9.62. The van der Waals surface area contributed by atoms with E-state index in [9.17, 15) is 9.18 Å². The van der Waals surface area contributed by atoms with E-state index < -0.39 is 11.7 Å². The van der Waals surface area contributed by atoms with Crippen molar-refractivity contribution in [1.82, 2.24) is 5.32 Å². The van der Waals surface area contributed by atoms with Crippen molar-refractivity contribution in [3.63, 3.8) is 0 Å². The van der Waals surface area contributed by atoms with E-state index in [4.69, 9.17) is 0 Å². The van der Waals surface area contributed by atoms with Crippen LogP contribution >= 0.6 is 0 Å². The predicted molar refractivity (Wildman–Crippen MR) is 81.2 cm³/mol. The molecule has 0 radical (unpaired) electrons. The third-order valence-electron chi connectivity index (χ3n) is 3.00. The van der Waals surface area contributed by atoms with Crippen molar-refractivity contribution >= 4 is 5.91 Å². The molecule has 0 aromatic heterocycles. The van der Waals surface area contributed by atoms with Gasteiger partial charge in [0.2, 0.25) is 0 Å². The maximum Gasteiger partial charge on any atom is 0.296 e. The van der Waals surface area contributed by atoms with Crippen LogP contribution in [-0.4, -0.2) is 12.5 Å². The average molecular weight is 281 g/mol. The molecule has 21 heavy (non-hydrogen) atoms. The summed E-state index contributed by atoms with van der Waals surface area (Å²) in [4.78, 5) is 11.6. The molecule has 2 aromatic carbocycles. The molecule has 0 fully saturated rings. The van der Waals surface area contributed by atoms with Gasteiger partial charge in [0.15, 0.2) is 0 Å². The van der Waals surface area contributed by atoms with Crippen LogP contribution in [0.5, 0.6) is 0 Å². The highest BCUT2D eigenvalue weighted by Gasteiger charge is 1.98. The smallest absolute Gasteiger partial charge is 0.296 e. The Morgan fingerprint density at radius 2 is 1.86 bits per heavy atom. The highest BCUT2D eigenvalue weighted by atomic mass is 19.1. The Bertz CT molecular complexity index is 680.